The molecule has 2 nitrogen and oxygen atoms in total. The van der Waals surface area contributed by atoms with Gasteiger partial charge in [-0.15, -0.1) is 0 Å². The van der Waals surface area contributed by atoms with E-state index in [0.717, 1.165) is 11.1 Å². The van der Waals surface area contributed by atoms with E-state index in [2.05, 4.69) is 0 Å². The Kier molecular flexibility index (Phi) is 1.77. The Morgan fingerprint density at radius 2 is 2.38 bits per heavy atom. The molecule has 1 heterocycles. The van der Waals surface area contributed by atoms with Crippen molar-refractivity contribution in [3.63, 3.8) is 0 Å². The molecule has 1 aliphatic rings. The van der Waals surface area contributed by atoms with Crippen LogP contribution < -0.4 is 4.73 Å². The van der Waals surface area contributed by atoms with E-state index in [1.165, 1.54) is 24.5 Å². The van der Waals surface area contributed by atoms with Crippen molar-refractivity contribution in [3.05, 3.63) is 40.9 Å². The highest BCUT2D eigenvalue weighted by Crippen LogP contribution is 2.31. The van der Waals surface area contributed by atoms with E-state index in [0.29, 0.717) is 4.73 Å². The van der Waals surface area contributed by atoms with Crippen molar-refractivity contribution in [1.29, 1.82) is 0 Å². The molecule has 1 aromatic rings. The summed E-state index contributed by atoms with van der Waals surface area (Å²) in [7, 11) is 0. The third kappa shape index (κ3) is 1.65. The monoisotopic (exact) mass is 199 g/mol. The van der Waals surface area contributed by atoms with Crippen LogP contribution in [-0.2, 0) is 6.42 Å². The van der Waals surface area contributed by atoms with Crippen LogP contribution in [0.5, 0.6) is 0 Å². The number of halogens is 2. The number of allylic oxidation sites excluding steroid dienone is 1. The Labute approximate surface area is 79.8 Å². The number of rotatable bonds is 0. The second kappa shape index (κ2) is 2.70. The Balaban J connectivity index is 2.47. The summed E-state index contributed by atoms with van der Waals surface area (Å²) in [5.41, 5.74) is 1.48. The van der Waals surface area contributed by atoms with Crippen LogP contribution in [0, 0.1) is 5.21 Å². The second-order valence-electron chi connectivity index (χ2n) is 3.06. The Bertz CT molecular complexity index is 376. The first kappa shape index (κ1) is 8.51. The number of fused-ring (bicyclic) bond motifs is 1. The normalized spacial score (nSPS) is 25.7. The van der Waals surface area contributed by atoms with E-state index in [-0.39, 0.29) is 6.42 Å². The maximum atomic E-state index is 13.2. The van der Waals surface area contributed by atoms with Gasteiger partial charge >= 0.3 is 0 Å². The molecule has 0 saturated carbocycles. The molecule has 1 atom stereocenters. The van der Waals surface area contributed by atoms with Gasteiger partial charge in [-0.3, -0.25) is 0 Å². The molecule has 0 amide bonds. The summed E-state index contributed by atoms with van der Waals surface area (Å²) in [4.78, 5) is 0. The van der Waals surface area contributed by atoms with Crippen molar-refractivity contribution in [2.75, 3.05) is 0 Å². The highest BCUT2D eigenvalue weighted by atomic mass is 35.5. The van der Waals surface area contributed by atoms with Gasteiger partial charge in [-0.25, -0.2) is 4.39 Å². The summed E-state index contributed by atoms with van der Waals surface area (Å²) in [6.45, 7) is 0. The van der Waals surface area contributed by atoms with Crippen molar-refractivity contribution in [1.82, 2.24) is 0 Å². The smallest absolute Gasteiger partial charge is 0.206 e. The predicted octanol–water partition coefficient (Wildman–Crippen LogP) is 1.79. The van der Waals surface area contributed by atoms with E-state index in [1.54, 1.807) is 6.07 Å². The first-order chi connectivity index (χ1) is 6.07. The lowest BCUT2D eigenvalue weighted by Crippen LogP contribution is -2.27. The predicted molar refractivity (Wildman–Crippen MR) is 47.8 cm³/mol. The summed E-state index contributed by atoms with van der Waals surface area (Å²) in [5, 5.41) is 9.06. The minimum atomic E-state index is -1.80. The quantitative estimate of drug-likeness (QED) is 0.356. The average molecular weight is 200 g/mol. The number of alkyl halides is 2. The summed E-state index contributed by atoms with van der Waals surface area (Å²) in [6, 6.07) is 1.59. The van der Waals surface area contributed by atoms with Crippen LogP contribution in [-0.4, -0.2) is 5.13 Å². The van der Waals surface area contributed by atoms with Crippen LogP contribution >= 0.6 is 11.6 Å². The maximum Gasteiger partial charge on any atom is 0.206 e. The molecule has 0 N–H and O–H groups in total. The number of hydrogen-bond donors (Lipinski definition) is 0. The highest BCUT2D eigenvalue weighted by Gasteiger charge is 2.28. The van der Waals surface area contributed by atoms with Crippen LogP contribution in [0.3, 0.4) is 0 Å². The third-order valence-corrected chi connectivity index (χ3v) is 2.25. The zero-order valence-electron chi connectivity index (χ0n) is 6.71. The molecule has 0 spiro atoms. The van der Waals surface area contributed by atoms with E-state index in [1.807, 2.05) is 0 Å². The standard InChI is InChI=1S/C9H7ClFNO/c10-9(11)3-1-8-6-12(13)4-2-7(8)5-9/h1-4,6H,5H2. The Morgan fingerprint density at radius 3 is 3.15 bits per heavy atom. The second-order valence-corrected chi connectivity index (χ2v) is 3.68. The van der Waals surface area contributed by atoms with Gasteiger partial charge < -0.3 is 5.21 Å². The van der Waals surface area contributed by atoms with Gasteiger partial charge in [0.1, 0.15) is 0 Å². The van der Waals surface area contributed by atoms with Gasteiger partial charge in [0.25, 0.3) is 0 Å². The summed E-state index contributed by atoms with van der Waals surface area (Å²) in [5.74, 6) is 0. The largest absolute Gasteiger partial charge is 0.619 e. The van der Waals surface area contributed by atoms with E-state index in [4.69, 9.17) is 11.6 Å². The average Bonchev–Trinajstić information content (AvgIpc) is 2.05. The third-order valence-electron chi connectivity index (χ3n) is 1.99. The molecule has 0 saturated heterocycles. The fraction of sp³-hybridized carbons (Fsp3) is 0.222. The molecule has 1 unspecified atom stereocenters. The zero-order valence-corrected chi connectivity index (χ0v) is 7.46. The number of nitrogens with zero attached hydrogens (tertiary/aromatic N) is 1. The Hall–Kier alpha value is -1.09. The fourth-order valence-corrected chi connectivity index (χ4v) is 1.57. The van der Waals surface area contributed by atoms with E-state index < -0.39 is 5.13 Å². The fourth-order valence-electron chi connectivity index (χ4n) is 1.36. The summed E-state index contributed by atoms with van der Waals surface area (Å²) in [6.07, 6.45) is 5.64. The van der Waals surface area contributed by atoms with Crippen molar-refractivity contribution in [3.8, 4) is 0 Å². The molecule has 0 bridgehead atoms. The van der Waals surface area contributed by atoms with Gasteiger partial charge in [0.15, 0.2) is 12.4 Å². The molecule has 4 heteroatoms. The van der Waals surface area contributed by atoms with Gasteiger partial charge in [-0.2, -0.15) is 4.73 Å². The molecule has 1 aromatic heterocycles. The van der Waals surface area contributed by atoms with Gasteiger partial charge in [0.2, 0.25) is 5.13 Å². The first-order valence-electron chi connectivity index (χ1n) is 3.86. The van der Waals surface area contributed by atoms with E-state index in [9.17, 15) is 9.60 Å². The van der Waals surface area contributed by atoms with Gasteiger partial charge in [0, 0.05) is 18.1 Å². The number of pyridine rings is 1. The lowest BCUT2D eigenvalue weighted by molar-refractivity contribution is -0.605. The molecule has 1 aliphatic carbocycles. The van der Waals surface area contributed by atoms with E-state index >= 15 is 0 Å². The molecule has 68 valence electrons. The molecule has 0 aromatic carbocycles. The maximum absolute atomic E-state index is 13.2. The minimum absolute atomic E-state index is 0.112. The lowest BCUT2D eigenvalue weighted by atomic mass is 9.98. The zero-order chi connectivity index (χ0) is 9.47. The van der Waals surface area contributed by atoms with Crippen LogP contribution in [0.25, 0.3) is 6.08 Å². The molecular formula is C9H7ClFNO. The molecule has 13 heavy (non-hydrogen) atoms. The lowest BCUT2D eigenvalue weighted by Gasteiger charge is -2.18. The highest BCUT2D eigenvalue weighted by molar-refractivity contribution is 6.24. The number of aromatic nitrogens is 1. The van der Waals surface area contributed by atoms with Crippen LogP contribution in [0.15, 0.2) is 24.5 Å². The SMILES string of the molecule is [O-][n+]1ccc2c(c1)C=CC(F)(Cl)C2. The van der Waals surface area contributed by atoms with Crippen molar-refractivity contribution in [2.45, 2.75) is 11.5 Å². The van der Waals surface area contributed by atoms with Crippen molar-refractivity contribution >= 4 is 17.7 Å². The first-order valence-corrected chi connectivity index (χ1v) is 4.23. The van der Waals surface area contributed by atoms with Gasteiger partial charge in [0.05, 0.1) is 0 Å². The molecular weight excluding hydrogens is 193 g/mol. The summed E-state index contributed by atoms with van der Waals surface area (Å²) < 4.78 is 13.9. The molecule has 0 radical (unpaired) electrons. The van der Waals surface area contributed by atoms with Crippen molar-refractivity contribution < 1.29 is 9.12 Å². The molecule has 0 fully saturated rings. The molecule has 2 rings (SSSR count). The topological polar surface area (TPSA) is 26.9 Å². The van der Waals surface area contributed by atoms with Gasteiger partial charge in [-0.1, -0.05) is 11.6 Å². The van der Waals surface area contributed by atoms with Crippen molar-refractivity contribution in [2.24, 2.45) is 0 Å². The number of hydrogen-bond acceptors (Lipinski definition) is 1. The Morgan fingerprint density at radius 1 is 1.62 bits per heavy atom. The molecule has 0 aliphatic heterocycles. The van der Waals surface area contributed by atoms with Crippen LogP contribution in [0.2, 0.25) is 0 Å². The summed E-state index contributed by atoms with van der Waals surface area (Å²) >= 11 is 5.50. The van der Waals surface area contributed by atoms with Crippen LogP contribution in [0.4, 0.5) is 4.39 Å². The minimum Gasteiger partial charge on any atom is -0.619 e. The van der Waals surface area contributed by atoms with Gasteiger partial charge in [-0.05, 0) is 17.7 Å². The van der Waals surface area contributed by atoms with Crippen LogP contribution in [0.1, 0.15) is 11.1 Å².